The van der Waals surface area contributed by atoms with Gasteiger partial charge in [0.05, 0.1) is 6.04 Å². The first-order chi connectivity index (χ1) is 8.99. The van der Waals surface area contributed by atoms with E-state index in [9.17, 15) is 4.79 Å². The van der Waals surface area contributed by atoms with E-state index in [1.165, 1.54) is 5.56 Å². The average Bonchev–Trinajstić information content (AvgIpc) is 2.34. The van der Waals surface area contributed by atoms with Crippen molar-refractivity contribution in [2.24, 2.45) is 5.73 Å². The van der Waals surface area contributed by atoms with Crippen molar-refractivity contribution in [2.75, 3.05) is 5.75 Å². The van der Waals surface area contributed by atoms with Crippen LogP contribution in [0.5, 0.6) is 0 Å². The molecule has 0 saturated carbocycles. The van der Waals surface area contributed by atoms with Crippen LogP contribution in [0.25, 0.3) is 0 Å². The number of nitrogens with one attached hydrogen (secondary N) is 1. The second kappa shape index (κ2) is 8.46. The fraction of sp³-hybridized carbons (Fsp3) is 0.500. The summed E-state index contributed by atoms with van der Waals surface area (Å²) in [6, 6.07) is 7.85. The molecule has 0 aliphatic carbocycles. The van der Waals surface area contributed by atoms with E-state index in [0.29, 0.717) is 0 Å². The van der Waals surface area contributed by atoms with Crippen LogP contribution in [0.3, 0.4) is 0 Å². The van der Waals surface area contributed by atoms with E-state index in [2.05, 4.69) is 5.32 Å². The van der Waals surface area contributed by atoms with Crippen LogP contribution in [0.2, 0.25) is 5.02 Å². The zero-order chi connectivity index (χ0) is 14.3. The molecule has 19 heavy (non-hydrogen) atoms. The van der Waals surface area contributed by atoms with Gasteiger partial charge in [0, 0.05) is 16.8 Å². The number of rotatable bonds is 8. The Morgan fingerprint density at radius 2 is 2.00 bits per heavy atom. The van der Waals surface area contributed by atoms with Gasteiger partial charge in [0.15, 0.2) is 0 Å². The Balaban J connectivity index is 2.28. The molecule has 0 fully saturated rings. The molecule has 1 amide bonds. The highest BCUT2D eigenvalue weighted by Gasteiger charge is 2.15. The number of primary amides is 1. The van der Waals surface area contributed by atoms with Gasteiger partial charge in [-0.15, -0.1) is 0 Å². The molecule has 0 saturated heterocycles. The zero-order valence-electron chi connectivity index (χ0n) is 11.4. The molecule has 0 radical (unpaired) electrons. The smallest absolute Gasteiger partial charge is 0.234 e. The van der Waals surface area contributed by atoms with Crippen molar-refractivity contribution in [3.63, 3.8) is 0 Å². The lowest BCUT2D eigenvalue weighted by Crippen LogP contribution is -2.44. The minimum absolute atomic E-state index is 0.238. The summed E-state index contributed by atoms with van der Waals surface area (Å²) in [5.41, 5.74) is 6.61. The number of benzene rings is 1. The first-order valence-electron chi connectivity index (χ1n) is 6.36. The van der Waals surface area contributed by atoms with Crippen LogP contribution in [-0.2, 0) is 10.5 Å². The maximum Gasteiger partial charge on any atom is 0.234 e. The topological polar surface area (TPSA) is 55.1 Å². The van der Waals surface area contributed by atoms with Crippen LogP contribution in [0, 0.1) is 0 Å². The quantitative estimate of drug-likeness (QED) is 0.726. The number of hydrogen-bond donors (Lipinski definition) is 2. The van der Waals surface area contributed by atoms with Crippen molar-refractivity contribution in [1.29, 1.82) is 0 Å². The molecule has 0 aromatic heterocycles. The second-order valence-corrected chi connectivity index (χ2v) is 6.29. The third kappa shape index (κ3) is 6.85. The van der Waals surface area contributed by atoms with Gasteiger partial charge in [0.1, 0.15) is 0 Å². The fourth-order valence-corrected chi connectivity index (χ4v) is 2.78. The van der Waals surface area contributed by atoms with E-state index < -0.39 is 0 Å². The van der Waals surface area contributed by atoms with Crippen LogP contribution >= 0.6 is 23.4 Å². The summed E-state index contributed by atoms with van der Waals surface area (Å²) in [5.74, 6) is 1.54. The van der Waals surface area contributed by atoms with Gasteiger partial charge in [-0.3, -0.25) is 4.79 Å². The van der Waals surface area contributed by atoms with Gasteiger partial charge in [-0.05, 0) is 29.9 Å². The number of carbonyl (C=O) groups excluding carboxylic acids is 1. The van der Waals surface area contributed by atoms with E-state index >= 15 is 0 Å². The average molecular weight is 301 g/mol. The zero-order valence-corrected chi connectivity index (χ0v) is 12.9. The van der Waals surface area contributed by atoms with E-state index in [0.717, 1.165) is 22.9 Å². The van der Waals surface area contributed by atoms with Crippen LogP contribution < -0.4 is 11.1 Å². The van der Waals surface area contributed by atoms with Crippen LogP contribution in [0.15, 0.2) is 24.3 Å². The SMILES string of the molecule is CC(C)NC(CCSCc1ccc(Cl)cc1)C(N)=O. The lowest BCUT2D eigenvalue weighted by molar-refractivity contribution is -0.120. The van der Waals surface area contributed by atoms with Gasteiger partial charge >= 0.3 is 0 Å². The minimum atomic E-state index is -0.277. The number of amides is 1. The molecule has 1 unspecified atom stereocenters. The fourth-order valence-electron chi connectivity index (χ4n) is 1.68. The summed E-state index contributed by atoms with van der Waals surface area (Å²) in [7, 11) is 0. The van der Waals surface area contributed by atoms with Gasteiger partial charge in [0.2, 0.25) is 5.91 Å². The molecular weight excluding hydrogens is 280 g/mol. The molecule has 1 aromatic rings. The summed E-state index contributed by atoms with van der Waals surface area (Å²) in [5, 5.41) is 3.93. The van der Waals surface area contributed by atoms with E-state index in [1.807, 2.05) is 38.1 Å². The van der Waals surface area contributed by atoms with Gasteiger partial charge in [-0.2, -0.15) is 11.8 Å². The van der Waals surface area contributed by atoms with E-state index in [1.54, 1.807) is 11.8 Å². The van der Waals surface area contributed by atoms with Crippen LogP contribution in [0.1, 0.15) is 25.8 Å². The Morgan fingerprint density at radius 1 is 1.37 bits per heavy atom. The van der Waals surface area contributed by atoms with Crippen molar-refractivity contribution < 1.29 is 4.79 Å². The Bertz CT molecular complexity index is 395. The molecule has 3 nitrogen and oxygen atoms in total. The van der Waals surface area contributed by atoms with Gasteiger partial charge in [-0.25, -0.2) is 0 Å². The summed E-state index contributed by atoms with van der Waals surface area (Å²) in [6.45, 7) is 4.02. The lowest BCUT2D eigenvalue weighted by Gasteiger charge is -2.17. The largest absolute Gasteiger partial charge is 0.368 e. The molecule has 3 N–H and O–H groups in total. The molecule has 106 valence electrons. The van der Waals surface area contributed by atoms with Crippen LogP contribution in [-0.4, -0.2) is 23.7 Å². The minimum Gasteiger partial charge on any atom is -0.368 e. The molecule has 1 atom stereocenters. The Kier molecular flexibility index (Phi) is 7.28. The third-order valence-corrected chi connectivity index (χ3v) is 3.92. The summed E-state index contributed by atoms with van der Waals surface area (Å²) >= 11 is 7.63. The predicted molar refractivity (Wildman–Crippen MR) is 83.5 cm³/mol. The van der Waals surface area contributed by atoms with Gasteiger partial charge < -0.3 is 11.1 Å². The van der Waals surface area contributed by atoms with Gasteiger partial charge in [-0.1, -0.05) is 37.6 Å². The monoisotopic (exact) mass is 300 g/mol. The van der Waals surface area contributed by atoms with Crippen molar-refractivity contribution in [3.8, 4) is 0 Å². The van der Waals surface area contributed by atoms with E-state index in [4.69, 9.17) is 17.3 Å². The number of nitrogens with two attached hydrogens (primary N) is 1. The van der Waals surface area contributed by atoms with Crippen molar-refractivity contribution in [3.05, 3.63) is 34.9 Å². The Morgan fingerprint density at radius 3 is 2.53 bits per heavy atom. The lowest BCUT2D eigenvalue weighted by atomic mass is 10.2. The van der Waals surface area contributed by atoms with Crippen molar-refractivity contribution in [1.82, 2.24) is 5.32 Å². The highest BCUT2D eigenvalue weighted by molar-refractivity contribution is 7.98. The molecule has 0 aliphatic rings. The molecule has 0 spiro atoms. The van der Waals surface area contributed by atoms with Crippen LogP contribution in [0.4, 0.5) is 0 Å². The Hall–Kier alpha value is -0.710. The van der Waals surface area contributed by atoms with Crippen molar-refractivity contribution in [2.45, 2.75) is 38.1 Å². The normalized spacial score (nSPS) is 12.6. The summed E-state index contributed by atoms with van der Waals surface area (Å²) < 4.78 is 0. The second-order valence-electron chi connectivity index (χ2n) is 4.74. The first-order valence-corrected chi connectivity index (χ1v) is 7.90. The molecule has 5 heteroatoms. The standard InChI is InChI=1S/C14H21ClN2OS/c1-10(2)17-13(14(16)18)7-8-19-9-11-3-5-12(15)6-4-11/h3-6,10,13,17H,7-9H2,1-2H3,(H2,16,18). The Labute approximate surface area is 124 Å². The number of carbonyl (C=O) groups is 1. The molecule has 1 aromatic carbocycles. The highest BCUT2D eigenvalue weighted by Crippen LogP contribution is 2.16. The maximum atomic E-state index is 11.3. The highest BCUT2D eigenvalue weighted by atomic mass is 35.5. The number of hydrogen-bond acceptors (Lipinski definition) is 3. The molecule has 0 bridgehead atoms. The van der Waals surface area contributed by atoms with Gasteiger partial charge in [0.25, 0.3) is 0 Å². The van der Waals surface area contributed by atoms with Crippen molar-refractivity contribution >= 4 is 29.3 Å². The molecular formula is C14H21ClN2OS. The molecule has 0 aliphatic heterocycles. The third-order valence-electron chi connectivity index (χ3n) is 2.61. The summed E-state index contributed by atoms with van der Waals surface area (Å²) in [4.78, 5) is 11.3. The predicted octanol–water partition coefficient (Wildman–Crippen LogP) is 2.82. The number of thioether (sulfide) groups is 1. The molecule has 1 rings (SSSR count). The summed E-state index contributed by atoms with van der Waals surface area (Å²) in [6.07, 6.45) is 0.756. The maximum absolute atomic E-state index is 11.3. The first kappa shape index (κ1) is 16.3. The number of halogens is 1. The van der Waals surface area contributed by atoms with E-state index in [-0.39, 0.29) is 18.0 Å². The molecule has 0 heterocycles.